The molecule has 4 heteroatoms. The molecule has 0 saturated carbocycles. The molecule has 2 aromatic carbocycles. The Balaban J connectivity index is 2.09. The van der Waals surface area contributed by atoms with Gasteiger partial charge in [-0.05, 0) is 33.1 Å². The van der Waals surface area contributed by atoms with Gasteiger partial charge in [0.25, 0.3) is 0 Å². The molecule has 0 fully saturated rings. The minimum absolute atomic E-state index is 0.0582. The first-order valence-electron chi connectivity index (χ1n) is 6.03. The van der Waals surface area contributed by atoms with Crippen molar-refractivity contribution in [1.29, 1.82) is 0 Å². The van der Waals surface area contributed by atoms with Crippen LogP contribution in [-0.4, -0.2) is 5.11 Å². The molecular weight excluding hydrogens is 306 g/mol. The lowest BCUT2D eigenvalue weighted by molar-refractivity contribution is 0.281. The Bertz CT molecular complexity index is 540. The van der Waals surface area contributed by atoms with Crippen molar-refractivity contribution in [2.45, 2.75) is 19.8 Å². The van der Waals surface area contributed by atoms with Crippen LogP contribution in [0.3, 0.4) is 0 Å². The third-order valence-corrected chi connectivity index (χ3v) is 3.48. The highest BCUT2D eigenvalue weighted by atomic mass is 79.9. The minimum atomic E-state index is 0.0582. The quantitative estimate of drug-likeness (QED) is 0.890. The molecule has 0 aromatic heterocycles. The van der Waals surface area contributed by atoms with E-state index in [1.54, 1.807) is 0 Å². The molecule has 0 saturated heterocycles. The zero-order valence-corrected chi connectivity index (χ0v) is 12.1. The average Bonchev–Trinajstić information content (AvgIpc) is 2.46. The minimum Gasteiger partial charge on any atom is -0.487 e. The van der Waals surface area contributed by atoms with Gasteiger partial charge in [0.2, 0.25) is 0 Å². The topological polar surface area (TPSA) is 55.5 Å². The van der Waals surface area contributed by atoms with Gasteiger partial charge in [0, 0.05) is 12.1 Å². The van der Waals surface area contributed by atoms with E-state index in [0.29, 0.717) is 13.2 Å². The van der Waals surface area contributed by atoms with Crippen molar-refractivity contribution in [1.82, 2.24) is 0 Å². The first-order valence-corrected chi connectivity index (χ1v) is 6.83. The normalized spacial score (nSPS) is 10.5. The predicted molar refractivity (Wildman–Crippen MR) is 78.7 cm³/mol. The maximum atomic E-state index is 8.99. The smallest absolute Gasteiger partial charge is 0.138 e. The third kappa shape index (κ3) is 3.56. The van der Waals surface area contributed by atoms with E-state index in [9.17, 15) is 0 Å². The van der Waals surface area contributed by atoms with Crippen LogP contribution >= 0.6 is 15.9 Å². The number of halogens is 1. The molecule has 0 aliphatic rings. The lowest BCUT2D eigenvalue weighted by Crippen LogP contribution is -2.03. The molecule has 0 aliphatic heterocycles. The standard InChI is InChI=1S/C15H16BrNO2/c16-14-3-1-2-13(8-17)15(14)19-10-12-6-4-11(9-18)5-7-12/h1-7,18H,8-10,17H2. The molecule has 0 unspecified atom stereocenters. The van der Waals surface area contributed by atoms with Crippen molar-refractivity contribution in [2.75, 3.05) is 0 Å². The van der Waals surface area contributed by atoms with E-state index in [2.05, 4.69) is 15.9 Å². The number of ether oxygens (including phenoxy) is 1. The number of aliphatic hydroxyl groups is 1. The van der Waals surface area contributed by atoms with Crippen LogP contribution in [-0.2, 0) is 19.8 Å². The van der Waals surface area contributed by atoms with E-state index < -0.39 is 0 Å². The summed E-state index contributed by atoms with van der Waals surface area (Å²) >= 11 is 3.47. The summed E-state index contributed by atoms with van der Waals surface area (Å²) in [5, 5.41) is 8.99. The molecule has 100 valence electrons. The molecule has 0 aliphatic carbocycles. The van der Waals surface area contributed by atoms with Crippen LogP contribution in [0.15, 0.2) is 46.9 Å². The van der Waals surface area contributed by atoms with E-state index >= 15 is 0 Å². The lowest BCUT2D eigenvalue weighted by Gasteiger charge is -2.12. The predicted octanol–water partition coefficient (Wildman–Crippen LogP) is 2.98. The molecule has 0 amide bonds. The summed E-state index contributed by atoms with van der Waals surface area (Å²) in [6.07, 6.45) is 0. The zero-order valence-electron chi connectivity index (χ0n) is 10.5. The second-order valence-corrected chi connectivity index (χ2v) is 5.05. The summed E-state index contributed by atoms with van der Waals surface area (Å²) in [6.45, 7) is 0.974. The average molecular weight is 322 g/mol. The fourth-order valence-electron chi connectivity index (χ4n) is 1.77. The van der Waals surface area contributed by atoms with Gasteiger partial charge in [-0.1, -0.05) is 36.4 Å². The number of nitrogens with two attached hydrogens (primary N) is 1. The maximum absolute atomic E-state index is 8.99. The number of rotatable bonds is 5. The molecule has 19 heavy (non-hydrogen) atoms. The first kappa shape index (κ1) is 14.1. The van der Waals surface area contributed by atoms with Crippen LogP contribution in [0.25, 0.3) is 0 Å². The molecule has 2 rings (SSSR count). The molecule has 0 atom stereocenters. The second kappa shape index (κ2) is 6.70. The van der Waals surface area contributed by atoms with Gasteiger partial charge in [0.1, 0.15) is 12.4 Å². The van der Waals surface area contributed by atoms with Gasteiger partial charge in [0.05, 0.1) is 11.1 Å². The Kier molecular flexibility index (Phi) is 4.96. The molecule has 2 aromatic rings. The van der Waals surface area contributed by atoms with E-state index in [4.69, 9.17) is 15.6 Å². The van der Waals surface area contributed by atoms with E-state index in [0.717, 1.165) is 26.9 Å². The summed E-state index contributed by atoms with van der Waals surface area (Å²) in [5.41, 5.74) is 8.62. The Hall–Kier alpha value is -1.36. The van der Waals surface area contributed by atoms with Gasteiger partial charge in [-0.15, -0.1) is 0 Å². The van der Waals surface area contributed by atoms with Gasteiger partial charge >= 0.3 is 0 Å². The maximum Gasteiger partial charge on any atom is 0.138 e. The fourth-order valence-corrected chi connectivity index (χ4v) is 2.29. The van der Waals surface area contributed by atoms with Gasteiger partial charge in [-0.3, -0.25) is 0 Å². The summed E-state index contributed by atoms with van der Waals surface area (Å²) in [7, 11) is 0. The van der Waals surface area contributed by atoms with Crippen molar-refractivity contribution in [2.24, 2.45) is 5.73 Å². The number of aliphatic hydroxyl groups excluding tert-OH is 1. The van der Waals surface area contributed by atoms with E-state index in [1.807, 2.05) is 42.5 Å². The van der Waals surface area contributed by atoms with Crippen molar-refractivity contribution < 1.29 is 9.84 Å². The highest BCUT2D eigenvalue weighted by Gasteiger charge is 2.07. The summed E-state index contributed by atoms with van der Waals surface area (Å²) in [6, 6.07) is 13.5. The summed E-state index contributed by atoms with van der Waals surface area (Å²) in [5.74, 6) is 0.788. The molecule has 0 heterocycles. The van der Waals surface area contributed by atoms with Crippen LogP contribution < -0.4 is 10.5 Å². The second-order valence-electron chi connectivity index (χ2n) is 4.20. The summed E-state index contributed by atoms with van der Waals surface area (Å²) in [4.78, 5) is 0. The number of hydrogen-bond donors (Lipinski definition) is 2. The SMILES string of the molecule is NCc1cccc(Br)c1OCc1ccc(CO)cc1. The van der Waals surface area contributed by atoms with Crippen molar-refractivity contribution in [3.63, 3.8) is 0 Å². The van der Waals surface area contributed by atoms with Crippen LogP contribution in [0.2, 0.25) is 0 Å². The summed E-state index contributed by atoms with van der Waals surface area (Å²) < 4.78 is 6.73. The van der Waals surface area contributed by atoms with Crippen LogP contribution in [0.5, 0.6) is 5.75 Å². The fraction of sp³-hybridized carbons (Fsp3) is 0.200. The van der Waals surface area contributed by atoms with Gasteiger partial charge in [-0.2, -0.15) is 0 Å². The Morgan fingerprint density at radius 1 is 1.05 bits per heavy atom. The van der Waals surface area contributed by atoms with Crippen molar-refractivity contribution >= 4 is 15.9 Å². The van der Waals surface area contributed by atoms with Gasteiger partial charge in [-0.25, -0.2) is 0 Å². The van der Waals surface area contributed by atoms with Crippen LogP contribution in [0, 0.1) is 0 Å². The van der Waals surface area contributed by atoms with Gasteiger partial charge < -0.3 is 15.6 Å². The van der Waals surface area contributed by atoms with Crippen LogP contribution in [0.1, 0.15) is 16.7 Å². The molecule has 0 spiro atoms. The Morgan fingerprint density at radius 2 is 1.74 bits per heavy atom. The van der Waals surface area contributed by atoms with Crippen molar-refractivity contribution in [3.05, 3.63) is 63.6 Å². The van der Waals surface area contributed by atoms with Gasteiger partial charge in [0.15, 0.2) is 0 Å². The highest BCUT2D eigenvalue weighted by Crippen LogP contribution is 2.29. The van der Waals surface area contributed by atoms with Crippen LogP contribution in [0.4, 0.5) is 0 Å². The monoisotopic (exact) mass is 321 g/mol. The zero-order chi connectivity index (χ0) is 13.7. The Labute approximate surface area is 121 Å². The lowest BCUT2D eigenvalue weighted by atomic mass is 10.1. The molecule has 3 N–H and O–H groups in total. The molecule has 0 bridgehead atoms. The third-order valence-electron chi connectivity index (χ3n) is 2.86. The molecular formula is C15H16BrNO2. The van der Waals surface area contributed by atoms with Crippen molar-refractivity contribution in [3.8, 4) is 5.75 Å². The Morgan fingerprint density at radius 3 is 2.37 bits per heavy atom. The highest BCUT2D eigenvalue weighted by molar-refractivity contribution is 9.10. The number of hydrogen-bond acceptors (Lipinski definition) is 3. The number of para-hydroxylation sites is 1. The van der Waals surface area contributed by atoms with E-state index in [-0.39, 0.29) is 6.61 Å². The largest absolute Gasteiger partial charge is 0.487 e. The number of benzene rings is 2. The molecule has 0 radical (unpaired) electrons. The first-order chi connectivity index (χ1) is 9.24. The van der Waals surface area contributed by atoms with E-state index in [1.165, 1.54) is 0 Å². The molecule has 3 nitrogen and oxygen atoms in total.